The smallest absolute Gasteiger partial charge is 0.206 e. The van der Waals surface area contributed by atoms with Crippen LogP contribution in [-0.4, -0.2) is 15.6 Å². The number of rotatable bonds is 4. The summed E-state index contributed by atoms with van der Waals surface area (Å²) in [6, 6.07) is 12.7. The maximum absolute atomic E-state index is 11.9. The third-order valence-electron chi connectivity index (χ3n) is 3.10. The molecule has 0 unspecified atom stereocenters. The summed E-state index contributed by atoms with van der Waals surface area (Å²) in [5.41, 5.74) is 1.29. The van der Waals surface area contributed by atoms with Crippen molar-refractivity contribution in [1.82, 2.24) is 9.78 Å². The Balaban J connectivity index is 1.77. The first-order valence-corrected chi connectivity index (χ1v) is 7.07. The van der Waals surface area contributed by atoms with Crippen molar-refractivity contribution in [2.24, 2.45) is 7.05 Å². The van der Waals surface area contributed by atoms with Gasteiger partial charge in [-0.25, -0.2) is 0 Å². The molecular weight excluding hydrogens is 300 g/mol. The van der Waals surface area contributed by atoms with Gasteiger partial charge in [-0.2, -0.15) is 5.10 Å². The normalized spacial score (nSPS) is 11.2. The van der Waals surface area contributed by atoms with E-state index in [0.29, 0.717) is 22.2 Å². The van der Waals surface area contributed by atoms with Gasteiger partial charge in [0.1, 0.15) is 17.2 Å². The van der Waals surface area contributed by atoms with Crippen LogP contribution in [0.15, 0.2) is 59.2 Å². The number of hydrogen-bond acceptors (Lipinski definition) is 3. The second kappa shape index (κ2) is 6.03. The molecule has 4 nitrogen and oxygen atoms in total. The molecule has 0 radical (unpaired) electrons. The van der Waals surface area contributed by atoms with E-state index < -0.39 is 0 Å². The summed E-state index contributed by atoms with van der Waals surface area (Å²) in [7, 11) is 1.77. The highest BCUT2D eigenvalue weighted by Crippen LogP contribution is 2.25. The minimum absolute atomic E-state index is 0.165. The number of aryl methyl sites for hydroxylation is 1. The number of hydrogen-bond donors (Lipinski definition) is 0. The number of carbonyl (C=O) groups is 1. The fourth-order valence-electron chi connectivity index (χ4n) is 2.03. The molecule has 0 N–H and O–H groups in total. The number of benzene rings is 1. The van der Waals surface area contributed by atoms with Crippen LogP contribution < -0.4 is 0 Å². The van der Waals surface area contributed by atoms with E-state index in [2.05, 4.69) is 5.10 Å². The van der Waals surface area contributed by atoms with Crippen LogP contribution in [0.25, 0.3) is 17.4 Å². The van der Waals surface area contributed by atoms with Gasteiger partial charge in [-0.1, -0.05) is 23.7 Å². The number of nitrogens with zero attached hydrogens (tertiary/aromatic N) is 2. The van der Waals surface area contributed by atoms with Crippen LogP contribution in [0, 0.1) is 0 Å². The first-order chi connectivity index (χ1) is 10.6. The van der Waals surface area contributed by atoms with Crippen molar-refractivity contribution in [1.29, 1.82) is 0 Å². The number of furan rings is 1. The summed E-state index contributed by atoms with van der Waals surface area (Å²) in [5.74, 6) is 1.13. The van der Waals surface area contributed by atoms with Crippen LogP contribution >= 0.6 is 11.6 Å². The topological polar surface area (TPSA) is 48.0 Å². The lowest BCUT2D eigenvalue weighted by Crippen LogP contribution is -1.97. The first-order valence-electron chi connectivity index (χ1n) is 6.70. The van der Waals surface area contributed by atoms with Gasteiger partial charge in [0.05, 0.1) is 0 Å². The quantitative estimate of drug-likeness (QED) is 0.535. The maximum atomic E-state index is 11.9. The van der Waals surface area contributed by atoms with E-state index in [4.69, 9.17) is 16.0 Å². The molecule has 0 spiro atoms. The van der Waals surface area contributed by atoms with Crippen LogP contribution in [-0.2, 0) is 7.05 Å². The monoisotopic (exact) mass is 312 g/mol. The highest BCUT2D eigenvalue weighted by molar-refractivity contribution is 6.30. The van der Waals surface area contributed by atoms with E-state index in [1.165, 1.54) is 6.08 Å². The Morgan fingerprint density at radius 1 is 1.27 bits per heavy atom. The summed E-state index contributed by atoms with van der Waals surface area (Å²) in [6.45, 7) is 0. The molecule has 22 heavy (non-hydrogen) atoms. The predicted octanol–water partition coefficient (Wildman–Crippen LogP) is 4.23. The lowest BCUT2D eigenvalue weighted by Gasteiger charge is -1.96. The molecule has 0 bridgehead atoms. The average molecular weight is 313 g/mol. The van der Waals surface area contributed by atoms with Crippen LogP contribution in [0.3, 0.4) is 0 Å². The number of halogens is 1. The Morgan fingerprint density at radius 3 is 2.86 bits per heavy atom. The van der Waals surface area contributed by atoms with Crippen LogP contribution in [0.2, 0.25) is 5.02 Å². The van der Waals surface area contributed by atoms with Crippen LogP contribution in [0.4, 0.5) is 0 Å². The third-order valence-corrected chi connectivity index (χ3v) is 3.34. The minimum atomic E-state index is -0.165. The van der Waals surface area contributed by atoms with Crippen molar-refractivity contribution in [2.75, 3.05) is 0 Å². The lowest BCUT2D eigenvalue weighted by molar-refractivity contribution is 0.104. The van der Waals surface area contributed by atoms with Gasteiger partial charge < -0.3 is 4.42 Å². The maximum Gasteiger partial charge on any atom is 0.206 e. The Bertz CT molecular complexity index is 846. The van der Waals surface area contributed by atoms with Gasteiger partial charge in [0.2, 0.25) is 5.78 Å². The van der Waals surface area contributed by atoms with Crippen molar-refractivity contribution >= 4 is 23.5 Å². The van der Waals surface area contributed by atoms with E-state index in [0.717, 1.165) is 5.56 Å². The molecule has 2 aromatic heterocycles. The molecule has 110 valence electrons. The summed E-state index contributed by atoms with van der Waals surface area (Å²) >= 11 is 5.96. The first kappa shape index (κ1) is 14.4. The van der Waals surface area contributed by atoms with Crippen molar-refractivity contribution < 1.29 is 9.21 Å². The zero-order valence-electron chi connectivity index (χ0n) is 11.9. The van der Waals surface area contributed by atoms with E-state index >= 15 is 0 Å². The van der Waals surface area contributed by atoms with Gasteiger partial charge in [-0.15, -0.1) is 0 Å². The number of aromatic nitrogens is 2. The minimum Gasteiger partial charge on any atom is -0.457 e. The van der Waals surface area contributed by atoms with Crippen LogP contribution in [0.5, 0.6) is 0 Å². The van der Waals surface area contributed by atoms with Gasteiger partial charge in [-0.05, 0) is 42.5 Å². The van der Waals surface area contributed by atoms with Gasteiger partial charge >= 0.3 is 0 Å². The summed E-state index contributed by atoms with van der Waals surface area (Å²) in [5, 5.41) is 4.71. The zero-order valence-corrected chi connectivity index (χ0v) is 12.6. The largest absolute Gasteiger partial charge is 0.457 e. The molecule has 2 heterocycles. The molecule has 1 aromatic carbocycles. The van der Waals surface area contributed by atoms with Crippen molar-refractivity contribution in [3.05, 3.63) is 71.2 Å². The second-order valence-electron chi connectivity index (χ2n) is 4.78. The number of carbonyl (C=O) groups excluding carboxylic acids is 1. The molecule has 0 saturated heterocycles. The summed E-state index contributed by atoms with van der Waals surface area (Å²) < 4.78 is 7.28. The SMILES string of the molecule is Cn1ccc(C(=O)/C=C/c2ccc(-c3cccc(Cl)c3)o2)n1. The van der Waals surface area contributed by atoms with Crippen molar-refractivity contribution in [3.8, 4) is 11.3 Å². The fourth-order valence-corrected chi connectivity index (χ4v) is 2.22. The van der Waals surface area contributed by atoms with Crippen LogP contribution in [0.1, 0.15) is 16.2 Å². The molecule has 0 saturated carbocycles. The fraction of sp³-hybridized carbons (Fsp3) is 0.0588. The second-order valence-corrected chi connectivity index (χ2v) is 5.22. The Hall–Kier alpha value is -2.59. The molecule has 0 atom stereocenters. The van der Waals surface area contributed by atoms with Crippen molar-refractivity contribution in [3.63, 3.8) is 0 Å². The molecule has 0 aliphatic rings. The summed E-state index contributed by atoms with van der Waals surface area (Å²) in [4.78, 5) is 11.9. The molecule has 3 aromatic rings. The number of allylic oxidation sites excluding steroid dienone is 1. The zero-order chi connectivity index (χ0) is 15.5. The molecule has 0 amide bonds. The molecule has 0 aliphatic carbocycles. The highest BCUT2D eigenvalue weighted by Gasteiger charge is 2.06. The Labute approximate surface area is 132 Å². The van der Waals surface area contributed by atoms with E-state index in [1.807, 2.05) is 24.3 Å². The lowest BCUT2D eigenvalue weighted by atomic mass is 10.2. The molecule has 3 rings (SSSR count). The Morgan fingerprint density at radius 2 is 2.14 bits per heavy atom. The number of ketones is 1. The van der Waals surface area contributed by atoms with E-state index in [-0.39, 0.29) is 5.78 Å². The average Bonchev–Trinajstić information content (AvgIpc) is 3.14. The standard InChI is InChI=1S/C17H13ClN2O2/c1-20-10-9-15(19-20)16(21)7-5-14-6-8-17(22-14)12-3-2-4-13(18)11-12/h2-11H,1H3/b7-5+. The molecule has 0 fully saturated rings. The van der Waals surface area contributed by atoms with Gasteiger partial charge in [0.25, 0.3) is 0 Å². The van der Waals surface area contributed by atoms with Gasteiger partial charge in [0, 0.05) is 23.8 Å². The molecule has 5 heteroatoms. The highest BCUT2D eigenvalue weighted by atomic mass is 35.5. The van der Waals surface area contributed by atoms with Crippen molar-refractivity contribution in [2.45, 2.75) is 0 Å². The third kappa shape index (κ3) is 3.18. The van der Waals surface area contributed by atoms with Gasteiger partial charge in [-0.3, -0.25) is 9.48 Å². The Kier molecular flexibility index (Phi) is 3.94. The molecule has 0 aliphatic heterocycles. The predicted molar refractivity (Wildman–Crippen MR) is 85.7 cm³/mol. The molecular formula is C17H13ClN2O2. The van der Waals surface area contributed by atoms with E-state index in [9.17, 15) is 4.79 Å². The van der Waals surface area contributed by atoms with E-state index in [1.54, 1.807) is 42.2 Å². The summed E-state index contributed by atoms with van der Waals surface area (Å²) in [6.07, 6.45) is 4.80. The van der Waals surface area contributed by atoms with Gasteiger partial charge in [0.15, 0.2) is 0 Å².